The molecule has 0 bridgehead atoms. The van der Waals surface area contributed by atoms with Crippen molar-refractivity contribution in [3.63, 3.8) is 0 Å². The van der Waals surface area contributed by atoms with Gasteiger partial charge in [0.15, 0.2) is 0 Å². The average molecular weight is 527 g/mol. The van der Waals surface area contributed by atoms with Crippen molar-refractivity contribution in [3.05, 3.63) is 107 Å². The summed E-state index contributed by atoms with van der Waals surface area (Å²) in [6, 6.07) is 26.0. The third-order valence-corrected chi connectivity index (χ3v) is 7.30. The fourth-order valence-corrected chi connectivity index (χ4v) is 5.22. The van der Waals surface area contributed by atoms with Gasteiger partial charge in [-0.1, -0.05) is 41.9 Å². The van der Waals surface area contributed by atoms with Crippen LogP contribution < -0.4 is 15.0 Å². The maximum atomic E-state index is 14.2. The predicted octanol–water partition coefficient (Wildman–Crippen LogP) is 6.27. The molecule has 0 spiro atoms. The fraction of sp³-hybridized carbons (Fsp3) is 0.200. The van der Waals surface area contributed by atoms with Gasteiger partial charge < -0.3 is 19.5 Å². The van der Waals surface area contributed by atoms with E-state index in [2.05, 4.69) is 9.88 Å². The number of hydrogen-bond acceptors (Lipinski definition) is 3. The molecule has 2 aliphatic rings. The van der Waals surface area contributed by atoms with Gasteiger partial charge in [0.2, 0.25) is 5.91 Å². The van der Waals surface area contributed by atoms with E-state index in [1.54, 1.807) is 24.1 Å². The molecule has 8 heteroatoms. The molecule has 2 heterocycles. The molecule has 1 N–H and O–H groups in total. The lowest BCUT2D eigenvalue weighted by Crippen LogP contribution is -2.48. The lowest BCUT2D eigenvalue weighted by molar-refractivity contribution is -0.119. The zero-order chi connectivity index (χ0) is 26.2. The average Bonchev–Trinajstić information content (AvgIpc) is 3.66. The van der Waals surface area contributed by atoms with Gasteiger partial charge in [-0.3, -0.25) is 9.69 Å². The predicted molar refractivity (Wildman–Crippen MR) is 148 cm³/mol. The Morgan fingerprint density at radius 1 is 0.974 bits per heavy atom. The van der Waals surface area contributed by atoms with Crippen molar-refractivity contribution >= 4 is 34.9 Å². The summed E-state index contributed by atoms with van der Waals surface area (Å²) >= 11 is 6.20. The number of hydrogen-bond donors (Lipinski definition) is 1. The number of aromatic nitrogens is 1. The van der Waals surface area contributed by atoms with Gasteiger partial charge in [-0.2, -0.15) is 0 Å². The fourth-order valence-electron chi connectivity index (χ4n) is 5.09. The molecule has 1 atom stereocenters. The van der Waals surface area contributed by atoms with Crippen molar-refractivity contribution in [2.45, 2.75) is 24.9 Å². The molecule has 38 heavy (non-hydrogen) atoms. The highest BCUT2D eigenvalue weighted by molar-refractivity contribution is 6.30. The van der Waals surface area contributed by atoms with Gasteiger partial charge in [-0.15, -0.1) is 0 Å². The summed E-state index contributed by atoms with van der Waals surface area (Å²) < 4.78 is 7.40. The molecule has 1 aliphatic carbocycles. The van der Waals surface area contributed by atoms with Gasteiger partial charge in [0.25, 0.3) is 0 Å². The molecule has 3 amide bonds. The Morgan fingerprint density at radius 2 is 1.74 bits per heavy atom. The van der Waals surface area contributed by atoms with E-state index in [4.69, 9.17) is 16.3 Å². The Kier molecular flexibility index (Phi) is 6.29. The van der Waals surface area contributed by atoms with Gasteiger partial charge >= 0.3 is 6.03 Å². The van der Waals surface area contributed by atoms with Crippen LogP contribution in [0.3, 0.4) is 0 Å². The number of rotatable bonds is 6. The Bertz CT molecular complexity index is 1500. The van der Waals surface area contributed by atoms with Crippen molar-refractivity contribution in [1.82, 2.24) is 9.47 Å². The zero-order valence-electron chi connectivity index (χ0n) is 20.9. The lowest BCUT2D eigenvalue weighted by atomic mass is 9.97. The minimum absolute atomic E-state index is 0.0300. The summed E-state index contributed by atoms with van der Waals surface area (Å²) in [5.74, 6) is 0.494. The Balaban J connectivity index is 1.34. The van der Waals surface area contributed by atoms with Crippen LogP contribution in [0.4, 0.5) is 16.2 Å². The number of fused-ring (bicyclic) bond motifs is 3. The summed E-state index contributed by atoms with van der Waals surface area (Å²) in [7, 11) is 1.58. The van der Waals surface area contributed by atoms with Crippen LogP contribution in [0.1, 0.15) is 30.1 Å². The number of benzene rings is 3. The van der Waals surface area contributed by atoms with Crippen molar-refractivity contribution in [2.75, 3.05) is 23.9 Å². The highest BCUT2D eigenvalue weighted by atomic mass is 35.5. The highest BCUT2D eigenvalue weighted by Gasteiger charge is 2.40. The van der Waals surface area contributed by atoms with E-state index in [0.717, 1.165) is 35.5 Å². The van der Waals surface area contributed by atoms with E-state index in [1.165, 1.54) is 0 Å². The van der Waals surface area contributed by atoms with Gasteiger partial charge in [0.05, 0.1) is 24.2 Å². The number of ether oxygens (including phenoxy) is 1. The molecule has 1 unspecified atom stereocenters. The number of carbonyl (C=O) groups excluding carboxylic acids is 2. The van der Waals surface area contributed by atoms with E-state index in [1.807, 2.05) is 83.9 Å². The smallest absolute Gasteiger partial charge is 0.322 e. The first kappa shape index (κ1) is 24.1. The summed E-state index contributed by atoms with van der Waals surface area (Å²) in [5.41, 5.74) is 4.25. The summed E-state index contributed by atoms with van der Waals surface area (Å²) in [6.45, 7) is -0.0421. The number of halogens is 1. The number of carbonyl (C=O) groups is 2. The largest absolute Gasteiger partial charge is 0.497 e. The van der Waals surface area contributed by atoms with Crippen LogP contribution in [0.5, 0.6) is 5.75 Å². The van der Waals surface area contributed by atoms with Crippen molar-refractivity contribution < 1.29 is 14.3 Å². The summed E-state index contributed by atoms with van der Waals surface area (Å²) in [4.78, 5) is 31.1. The molecule has 1 fully saturated rings. The number of para-hydroxylation sites is 2. The van der Waals surface area contributed by atoms with Crippen LogP contribution in [0.15, 0.2) is 91.1 Å². The minimum atomic E-state index is -0.368. The second-order valence-electron chi connectivity index (χ2n) is 9.53. The molecule has 6 rings (SSSR count). The maximum Gasteiger partial charge on any atom is 0.322 e. The first-order valence-electron chi connectivity index (χ1n) is 12.6. The molecule has 7 nitrogen and oxygen atoms in total. The third kappa shape index (κ3) is 4.50. The molecule has 4 aromatic rings. The first-order valence-corrected chi connectivity index (χ1v) is 13.0. The molecular weight excluding hydrogens is 500 g/mol. The topological polar surface area (TPSA) is 66.8 Å². The van der Waals surface area contributed by atoms with Crippen LogP contribution in [0, 0.1) is 0 Å². The minimum Gasteiger partial charge on any atom is -0.497 e. The van der Waals surface area contributed by atoms with Crippen LogP contribution in [-0.2, 0) is 4.79 Å². The molecule has 0 radical (unpaired) electrons. The second kappa shape index (κ2) is 9.91. The van der Waals surface area contributed by atoms with E-state index < -0.39 is 0 Å². The van der Waals surface area contributed by atoms with Crippen molar-refractivity contribution in [3.8, 4) is 11.4 Å². The quantitative estimate of drug-likeness (QED) is 0.322. The Labute approximate surface area is 226 Å². The molecule has 0 saturated heterocycles. The number of anilines is 2. The first-order chi connectivity index (χ1) is 18.5. The second-order valence-corrected chi connectivity index (χ2v) is 9.97. The van der Waals surface area contributed by atoms with Crippen LogP contribution in [0.25, 0.3) is 5.69 Å². The zero-order valence-corrected chi connectivity index (χ0v) is 21.6. The molecule has 1 saturated carbocycles. The van der Waals surface area contributed by atoms with E-state index >= 15 is 0 Å². The van der Waals surface area contributed by atoms with Gasteiger partial charge in [0, 0.05) is 29.0 Å². The van der Waals surface area contributed by atoms with E-state index in [-0.39, 0.29) is 30.6 Å². The summed E-state index contributed by atoms with van der Waals surface area (Å²) in [5, 5.41) is 3.58. The number of amides is 3. The lowest BCUT2D eigenvalue weighted by Gasteiger charge is -2.39. The normalized spacial score (nSPS) is 15.8. The molecular formula is C30H27ClN4O3. The standard InChI is InChI=1S/C30H27ClN4O3/c1-38-24-7-4-6-22(18-24)32-30(37)34(23-15-16-23)19-28(36)35-26-9-3-2-8-25(26)33-17-5-10-27(33)29(35)20-11-13-21(31)14-12-20/h2-14,17-18,23,29H,15-16,19H2,1H3,(H,32,37). The van der Waals surface area contributed by atoms with Crippen LogP contribution in [-0.4, -0.2) is 41.1 Å². The third-order valence-electron chi connectivity index (χ3n) is 7.05. The molecule has 3 aromatic carbocycles. The molecule has 192 valence electrons. The van der Waals surface area contributed by atoms with Gasteiger partial charge in [-0.25, -0.2) is 4.79 Å². The molecule has 1 aliphatic heterocycles. The van der Waals surface area contributed by atoms with E-state index in [9.17, 15) is 9.59 Å². The number of nitrogens with one attached hydrogen (secondary N) is 1. The van der Waals surface area contributed by atoms with Crippen LogP contribution in [0.2, 0.25) is 5.02 Å². The number of methoxy groups -OCH3 is 1. The van der Waals surface area contributed by atoms with Crippen molar-refractivity contribution in [2.24, 2.45) is 0 Å². The summed E-state index contributed by atoms with van der Waals surface area (Å²) in [6.07, 6.45) is 3.76. The number of nitrogens with zero attached hydrogens (tertiary/aromatic N) is 3. The monoisotopic (exact) mass is 526 g/mol. The highest BCUT2D eigenvalue weighted by Crippen LogP contribution is 2.42. The molecule has 1 aromatic heterocycles. The Morgan fingerprint density at radius 3 is 2.47 bits per heavy atom. The SMILES string of the molecule is COc1cccc(NC(=O)N(CC(=O)N2c3ccccc3-n3cccc3C2c2ccc(Cl)cc2)C2CC2)c1. The van der Waals surface area contributed by atoms with Gasteiger partial charge in [-0.05, 0) is 66.9 Å². The van der Waals surface area contributed by atoms with Crippen molar-refractivity contribution in [1.29, 1.82) is 0 Å². The maximum absolute atomic E-state index is 14.2. The number of urea groups is 1. The van der Waals surface area contributed by atoms with E-state index in [0.29, 0.717) is 16.5 Å². The van der Waals surface area contributed by atoms with Gasteiger partial charge in [0.1, 0.15) is 18.3 Å². The Hall–Kier alpha value is -4.23. The van der Waals surface area contributed by atoms with Crippen LogP contribution >= 0.6 is 11.6 Å².